The van der Waals surface area contributed by atoms with Gasteiger partial charge in [0.15, 0.2) is 0 Å². The van der Waals surface area contributed by atoms with Gasteiger partial charge in [0, 0.05) is 0 Å². The van der Waals surface area contributed by atoms with E-state index in [0.717, 1.165) is 18.4 Å². The first-order valence-electron chi connectivity index (χ1n) is 9.33. The minimum absolute atomic E-state index is 0.0764. The van der Waals surface area contributed by atoms with Gasteiger partial charge in [0.1, 0.15) is 0 Å². The van der Waals surface area contributed by atoms with Crippen molar-refractivity contribution >= 4 is 16.7 Å². The molecule has 0 aliphatic rings. The van der Waals surface area contributed by atoms with Crippen LogP contribution in [-0.4, -0.2) is 12.6 Å². The van der Waals surface area contributed by atoms with E-state index >= 15 is 0 Å². The Morgan fingerprint density at radius 3 is 2.50 bits per heavy atom. The van der Waals surface area contributed by atoms with Gasteiger partial charge >= 0.3 is 5.97 Å². The zero-order valence-electron chi connectivity index (χ0n) is 15.3. The number of benzene rings is 2. The molecule has 0 saturated heterocycles. The summed E-state index contributed by atoms with van der Waals surface area (Å²) in [6.07, 6.45) is 6.90. The Bertz CT molecular complexity index is 660. The van der Waals surface area contributed by atoms with Crippen molar-refractivity contribution in [2.24, 2.45) is 0 Å². The Balaban J connectivity index is 2.29. The van der Waals surface area contributed by atoms with Crippen LogP contribution in [0.4, 0.5) is 0 Å². The van der Waals surface area contributed by atoms with E-state index < -0.39 is 0 Å². The lowest BCUT2D eigenvalue weighted by atomic mass is 9.86. The Morgan fingerprint density at radius 1 is 1.00 bits per heavy atom. The third-order valence-electron chi connectivity index (χ3n) is 4.70. The van der Waals surface area contributed by atoms with E-state index in [1.807, 2.05) is 13.0 Å². The minimum Gasteiger partial charge on any atom is -0.466 e. The van der Waals surface area contributed by atoms with E-state index in [1.54, 1.807) is 0 Å². The first kappa shape index (κ1) is 18.5. The molecule has 1 unspecified atom stereocenters. The van der Waals surface area contributed by atoms with Crippen LogP contribution < -0.4 is 0 Å². The molecule has 0 bridgehead atoms. The van der Waals surface area contributed by atoms with Gasteiger partial charge in [-0.2, -0.15) is 0 Å². The molecule has 0 radical (unpaired) electrons. The van der Waals surface area contributed by atoms with E-state index in [-0.39, 0.29) is 11.9 Å². The lowest BCUT2D eigenvalue weighted by molar-refractivity contribution is -0.145. The second-order valence-corrected chi connectivity index (χ2v) is 6.52. The van der Waals surface area contributed by atoms with Crippen LogP contribution in [0.3, 0.4) is 0 Å². The van der Waals surface area contributed by atoms with Crippen LogP contribution in [0, 0.1) is 6.92 Å². The third kappa shape index (κ3) is 4.59. The molecule has 2 aromatic carbocycles. The number of aryl methyl sites for hydroxylation is 1. The molecule has 0 aliphatic heterocycles. The third-order valence-corrected chi connectivity index (χ3v) is 4.70. The zero-order chi connectivity index (χ0) is 17.4. The SMILES string of the molecule is CCCCCCCC(C(=O)OCC)c1c(C)ccc2ccccc12. The quantitative estimate of drug-likeness (QED) is 0.408. The first-order chi connectivity index (χ1) is 11.7. The molecule has 130 valence electrons. The Morgan fingerprint density at radius 2 is 1.75 bits per heavy atom. The van der Waals surface area contributed by atoms with Crippen molar-refractivity contribution in [3.8, 4) is 0 Å². The van der Waals surface area contributed by atoms with Gasteiger partial charge in [0.25, 0.3) is 0 Å². The summed E-state index contributed by atoms with van der Waals surface area (Å²) in [5.41, 5.74) is 2.34. The summed E-state index contributed by atoms with van der Waals surface area (Å²) in [5, 5.41) is 2.38. The minimum atomic E-state index is -0.155. The van der Waals surface area contributed by atoms with Crippen molar-refractivity contribution in [3.05, 3.63) is 47.5 Å². The molecule has 0 amide bonds. The van der Waals surface area contributed by atoms with Crippen LogP contribution in [0.1, 0.15) is 69.4 Å². The topological polar surface area (TPSA) is 26.3 Å². The molecular weight excluding hydrogens is 296 g/mol. The molecular formula is C22H30O2. The van der Waals surface area contributed by atoms with Crippen molar-refractivity contribution in [2.75, 3.05) is 6.61 Å². The molecule has 0 aromatic heterocycles. The molecule has 1 atom stereocenters. The number of unbranched alkanes of at least 4 members (excludes halogenated alkanes) is 4. The number of rotatable bonds is 9. The van der Waals surface area contributed by atoms with E-state index in [0.29, 0.717) is 6.61 Å². The molecule has 0 heterocycles. The highest BCUT2D eigenvalue weighted by Gasteiger charge is 2.25. The van der Waals surface area contributed by atoms with Gasteiger partial charge in [-0.25, -0.2) is 0 Å². The Kier molecular flexibility index (Phi) is 7.30. The zero-order valence-corrected chi connectivity index (χ0v) is 15.3. The predicted molar refractivity (Wildman–Crippen MR) is 101 cm³/mol. The largest absolute Gasteiger partial charge is 0.466 e. The molecule has 0 fully saturated rings. The monoisotopic (exact) mass is 326 g/mol. The van der Waals surface area contributed by atoms with E-state index in [2.05, 4.69) is 44.2 Å². The summed E-state index contributed by atoms with van der Waals surface area (Å²) in [6, 6.07) is 12.6. The summed E-state index contributed by atoms with van der Waals surface area (Å²) in [6.45, 7) is 6.65. The Labute approximate surface area is 146 Å². The molecule has 0 N–H and O–H groups in total. The van der Waals surface area contributed by atoms with Gasteiger partial charge in [-0.3, -0.25) is 4.79 Å². The summed E-state index contributed by atoms with van der Waals surface area (Å²) in [7, 11) is 0. The summed E-state index contributed by atoms with van der Waals surface area (Å²) in [5.74, 6) is -0.231. The van der Waals surface area contributed by atoms with Gasteiger partial charge in [-0.15, -0.1) is 0 Å². The molecule has 2 nitrogen and oxygen atoms in total. The second kappa shape index (κ2) is 9.46. The maximum atomic E-state index is 12.6. The number of fused-ring (bicyclic) bond motifs is 1. The van der Waals surface area contributed by atoms with Crippen LogP contribution >= 0.6 is 0 Å². The van der Waals surface area contributed by atoms with Crippen LogP contribution in [-0.2, 0) is 9.53 Å². The standard InChI is InChI=1S/C22H30O2/c1-4-6-7-8-9-14-20(22(23)24-5-2)21-17(3)15-16-18-12-10-11-13-19(18)21/h10-13,15-16,20H,4-9,14H2,1-3H3. The van der Waals surface area contributed by atoms with Crippen LogP contribution in [0.5, 0.6) is 0 Å². The molecule has 0 saturated carbocycles. The highest BCUT2D eigenvalue weighted by atomic mass is 16.5. The molecule has 0 aliphatic carbocycles. The van der Waals surface area contributed by atoms with Crippen molar-refractivity contribution < 1.29 is 9.53 Å². The predicted octanol–water partition coefficient (Wildman–Crippen LogP) is 6.16. The van der Waals surface area contributed by atoms with Crippen LogP contribution in [0.15, 0.2) is 36.4 Å². The smallest absolute Gasteiger partial charge is 0.313 e. The summed E-state index contributed by atoms with van der Waals surface area (Å²) in [4.78, 5) is 12.6. The highest BCUT2D eigenvalue weighted by Crippen LogP contribution is 2.33. The van der Waals surface area contributed by atoms with E-state index in [1.165, 1.54) is 42.0 Å². The number of carbonyl (C=O) groups is 1. The van der Waals surface area contributed by atoms with Crippen molar-refractivity contribution in [2.45, 2.75) is 65.2 Å². The van der Waals surface area contributed by atoms with Gasteiger partial charge in [0.2, 0.25) is 0 Å². The molecule has 24 heavy (non-hydrogen) atoms. The van der Waals surface area contributed by atoms with E-state index in [4.69, 9.17) is 4.74 Å². The van der Waals surface area contributed by atoms with Gasteiger partial charge < -0.3 is 4.74 Å². The average molecular weight is 326 g/mol. The fourth-order valence-corrected chi connectivity index (χ4v) is 3.44. The number of carbonyl (C=O) groups excluding carboxylic acids is 1. The summed E-state index contributed by atoms with van der Waals surface area (Å²) >= 11 is 0. The van der Waals surface area contributed by atoms with Crippen LogP contribution in [0.25, 0.3) is 10.8 Å². The summed E-state index contributed by atoms with van der Waals surface area (Å²) < 4.78 is 5.40. The number of ether oxygens (including phenoxy) is 1. The number of hydrogen-bond donors (Lipinski definition) is 0. The molecule has 0 spiro atoms. The molecule has 2 rings (SSSR count). The van der Waals surface area contributed by atoms with Gasteiger partial charge in [-0.05, 0) is 42.2 Å². The number of esters is 1. The van der Waals surface area contributed by atoms with Gasteiger partial charge in [0.05, 0.1) is 12.5 Å². The van der Waals surface area contributed by atoms with Crippen LogP contribution in [0.2, 0.25) is 0 Å². The van der Waals surface area contributed by atoms with Crippen molar-refractivity contribution in [1.29, 1.82) is 0 Å². The van der Waals surface area contributed by atoms with Gasteiger partial charge in [-0.1, -0.05) is 75.4 Å². The lowest BCUT2D eigenvalue weighted by Gasteiger charge is -2.20. The lowest BCUT2D eigenvalue weighted by Crippen LogP contribution is -2.17. The normalized spacial score (nSPS) is 12.3. The molecule has 2 aromatic rings. The maximum absolute atomic E-state index is 12.6. The highest BCUT2D eigenvalue weighted by molar-refractivity contribution is 5.92. The first-order valence-corrected chi connectivity index (χ1v) is 9.33. The second-order valence-electron chi connectivity index (χ2n) is 6.52. The fourth-order valence-electron chi connectivity index (χ4n) is 3.44. The van der Waals surface area contributed by atoms with Crippen molar-refractivity contribution in [1.82, 2.24) is 0 Å². The van der Waals surface area contributed by atoms with Crippen molar-refractivity contribution in [3.63, 3.8) is 0 Å². The maximum Gasteiger partial charge on any atom is 0.313 e. The number of hydrogen-bond acceptors (Lipinski definition) is 2. The average Bonchev–Trinajstić information content (AvgIpc) is 2.59. The Hall–Kier alpha value is -1.83. The van der Waals surface area contributed by atoms with E-state index in [9.17, 15) is 4.79 Å². The fraction of sp³-hybridized carbons (Fsp3) is 0.500. The molecule has 2 heteroatoms.